The van der Waals surface area contributed by atoms with Gasteiger partial charge in [0.2, 0.25) is 0 Å². The van der Waals surface area contributed by atoms with Crippen molar-refractivity contribution in [3.05, 3.63) is 59.5 Å². The molecule has 18 heavy (non-hydrogen) atoms. The summed E-state index contributed by atoms with van der Waals surface area (Å²) in [6.07, 6.45) is 1.55. The Kier molecular flexibility index (Phi) is 3.54. The minimum absolute atomic E-state index is 0.215. The number of nitriles is 1. The number of nitrogens with zero attached hydrogens (tertiary/aromatic N) is 2. The van der Waals surface area contributed by atoms with Crippen LogP contribution in [0.25, 0.3) is 0 Å². The zero-order chi connectivity index (χ0) is 13.0. The Balaban J connectivity index is 2.19. The Bertz CT molecular complexity index is 590. The molecule has 1 aromatic carbocycles. The van der Waals surface area contributed by atoms with Gasteiger partial charge in [-0.15, -0.1) is 0 Å². The second kappa shape index (κ2) is 5.28. The summed E-state index contributed by atoms with van der Waals surface area (Å²) in [6.45, 7) is 1.85. The number of hydrogen-bond acceptors (Lipinski definition) is 3. The molecule has 1 unspecified atom stereocenters. The van der Waals surface area contributed by atoms with Gasteiger partial charge in [-0.2, -0.15) is 5.26 Å². The van der Waals surface area contributed by atoms with Crippen molar-refractivity contribution in [2.75, 3.05) is 5.32 Å². The number of anilines is 1. The second-order valence-corrected chi connectivity index (χ2v) is 3.93. The highest BCUT2D eigenvalue weighted by Crippen LogP contribution is 2.20. The van der Waals surface area contributed by atoms with Gasteiger partial charge >= 0.3 is 0 Å². The predicted molar refractivity (Wildman–Crippen MR) is 67.4 cm³/mol. The van der Waals surface area contributed by atoms with Crippen LogP contribution in [0.4, 0.5) is 10.2 Å². The van der Waals surface area contributed by atoms with E-state index >= 15 is 0 Å². The standard InChI is InChI=1S/C14H12FN3/c1-10(12-4-2-3-5-13(12)15)18-14-8-11(9-16)6-7-17-14/h2-8,10H,1H3,(H,17,18). The van der Waals surface area contributed by atoms with E-state index in [4.69, 9.17) is 5.26 Å². The van der Waals surface area contributed by atoms with Gasteiger partial charge in [0.05, 0.1) is 17.7 Å². The number of nitrogens with one attached hydrogen (secondary N) is 1. The number of hydrogen-bond donors (Lipinski definition) is 1. The van der Waals surface area contributed by atoms with Gasteiger partial charge in [0, 0.05) is 11.8 Å². The van der Waals surface area contributed by atoms with E-state index in [0.29, 0.717) is 16.9 Å². The molecule has 0 fully saturated rings. The zero-order valence-corrected chi connectivity index (χ0v) is 9.89. The fourth-order valence-electron chi connectivity index (χ4n) is 1.70. The summed E-state index contributed by atoms with van der Waals surface area (Å²) in [5, 5.41) is 11.9. The summed E-state index contributed by atoms with van der Waals surface area (Å²) in [7, 11) is 0. The topological polar surface area (TPSA) is 48.7 Å². The Morgan fingerprint density at radius 2 is 2.11 bits per heavy atom. The molecule has 1 aromatic heterocycles. The van der Waals surface area contributed by atoms with Crippen LogP contribution in [0.1, 0.15) is 24.1 Å². The molecule has 0 aliphatic rings. The Morgan fingerprint density at radius 1 is 1.33 bits per heavy atom. The third-order valence-electron chi connectivity index (χ3n) is 2.63. The summed E-state index contributed by atoms with van der Waals surface area (Å²) < 4.78 is 13.6. The first-order valence-electron chi connectivity index (χ1n) is 5.58. The molecule has 0 aliphatic carbocycles. The van der Waals surface area contributed by atoms with Gasteiger partial charge in [0.25, 0.3) is 0 Å². The summed E-state index contributed by atoms with van der Waals surface area (Å²) in [5.74, 6) is 0.304. The normalized spacial score (nSPS) is 11.6. The van der Waals surface area contributed by atoms with Gasteiger partial charge in [-0.1, -0.05) is 18.2 Å². The molecule has 1 atom stereocenters. The maximum atomic E-state index is 13.6. The fraction of sp³-hybridized carbons (Fsp3) is 0.143. The number of benzene rings is 1. The van der Waals surface area contributed by atoms with Crippen LogP contribution in [-0.4, -0.2) is 4.98 Å². The number of rotatable bonds is 3. The van der Waals surface area contributed by atoms with Crippen LogP contribution in [0.3, 0.4) is 0 Å². The van der Waals surface area contributed by atoms with E-state index in [-0.39, 0.29) is 11.9 Å². The molecular weight excluding hydrogens is 229 g/mol. The van der Waals surface area contributed by atoms with Crippen LogP contribution in [-0.2, 0) is 0 Å². The molecule has 90 valence electrons. The van der Waals surface area contributed by atoms with Gasteiger partial charge in [0.1, 0.15) is 11.6 Å². The Hall–Kier alpha value is -2.41. The zero-order valence-electron chi connectivity index (χ0n) is 9.89. The molecule has 0 amide bonds. The fourth-order valence-corrected chi connectivity index (χ4v) is 1.70. The number of halogens is 1. The molecule has 0 spiro atoms. The van der Waals surface area contributed by atoms with Crippen LogP contribution in [0.15, 0.2) is 42.6 Å². The number of aromatic nitrogens is 1. The van der Waals surface area contributed by atoms with E-state index in [1.807, 2.05) is 13.0 Å². The highest BCUT2D eigenvalue weighted by atomic mass is 19.1. The summed E-state index contributed by atoms with van der Waals surface area (Å²) >= 11 is 0. The largest absolute Gasteiger partial charge is 0.363 e. The minimum atomic E-state index is -0.256. The van der Waals surface area contributed by atoms with Gasteiger partial charge in [-0.3, -0.25) is 0 Å². The van der Waals surface area contributed by atoms with Crippen molar-refractivity contribution >= 4 is 5.82 Å². The predicted octanol–water partition coefficient (Wildman–Crippen LogP) is 3.27. The molecule has 1 N–H and O–H groups in total. The quantitative estimate of drug-likeness (QED) is 0.897. The van der Waals surface area contributed by atoms with Crippen LogP contribution >= 0.6 is 0 Å². The first-order chi connectivity index (χ1) is 8.70. The molecule has 4 heteroatoms. The maximum Gasteiger partial charge on any atom is 0.128 e. The first kappa shape index (κ1) is 12.1. The molecule has 2 aromatic rings. The lowest BCUT2D eigenvalue weighted by Gasteiger charge is -2.15. The lowest BCUT2D eigenvalue weighted by molar-refractivity contribution is 0.600. The lowest BCUT2D eigenvalue weighted by atomic mass is 10.1. The SMILES string of the molecule is CC(Nc1cc(C#N)ccn1)c1ccccc1F. The van der Waals surface area contributed by atoms with Crippen LogP contribution in [0.2, 0.25) is 0 Å². The van der Waals surface area contributed by atoms with Gasteiger partial charge in [-0.25, -0.2) is 9.37 Å². The molecular formula is C14H12FN3. The smallest absolute Gasteiger partial charge is 0.128 e. The molecule has 2 rings (SSSR count). The van der Waals surface area contributed by atoms with E-state index in [1.165, 1.54) is 6.07 Å². The van der Waals surface area contributed by atoms with E-state index in [0.717, 1.165) is 0 Å². The summed E-state index contributed by atoms with van der Waals surface area (Å²) in [6, 6.07) is 11.7. The van der Waals surface area contributed by atoms with Crippen molar-refractivity contribution in [3.63, 3.8) is 0 Å². The molecule has 0 saturated heterocycles. The third kappa shape index (κ3) is 2.64. The van der Waals surface area contributed by atoms with Gasteiger partial charge < -0.3 is 5.32 Å². The first-order valence-corrected chi connectivity index (χ1v) is 5.58. The lowest BCUT2D eigenvalue weighted by Crippen LogP contribution is -2.09. The van der Waals surface area contributed by atoms with Gasteiger partial charge in [-0.05, 0) is 25.1 Å². The van der Waals surface area contributed by atoms with Gasteiger partial charge in [0.15, 0.2) is 0 Å². The highest BCUT2D eigenvalue weighted by Gasteiger charge is 2.10. The number of pyridine rings is 1. The average Bonchev–Trinajstić information content (AvgIpc) is 2.39. The molecule has 0 aliphatic heterocycles. The van der Waals surface area contributed by atoms with E-state index in [2.05, 4.69) is 10.3 Å². The monoisotopic (exact) mass is 241 g/mol. The minimum Gasteiger partial charge on any atom is -0.363 e. The van der Waals surface area contributed by atoms with Crippen molar-refractivity contribution in [1.29, 1.82) is 5.26 Å². The van der Waals surface area contributed by atoms with Crippen LogP contribution < -0.4 is 5.32 Å². The second-order valence-electron chi connectivity index (χ2n) is 3.93. The average molecular weight is 241 g/mol. The summed E-state index contributed by atoms with van der Waals surface area (Å²) in [4.78, 5) is 4.10. The van der Waals surface area contributed by atoms with Crippen molar-refractivity contribution in [1.82, 2.24) is 4.98 Å². The van der Waals surface area contributed by atoms with Crippen molar-refractivity contribution < 1.29 is 4.39 Å². The molecule has 1 heterocycles. The molecule has 0 radical (unpaired) electrons. The maximum absolute atomic E-state index is 13.6. The third-order valence-corrected chi connectivity index (χ3v) is 2.63. The van der Waals surface area contributed by atoms with Crippen molar-refractivity contribution in [2.45, 2.75) is 13.0 Å². The van der Waals surface area contributed by atoms with Crippen molar-refractivity contribution in [3.8, 4) is 6.07 Å². The Labute approximate surface area is 105 Å². The summed E-state index contributed by atoms with van der Waals surface area (Å²) in [5.41, 5.74) is 1.09. The van der Waals surface area contributed by atoms with E-state index < -0.39 is 0 Å². The van der Waals surface area contributed by atoms with Crippen LogP contribution in [0, 0.1) is 17.1 Å². The molecule has 0 bridgehead atoms. The van der Waals surface area contributed by atoms with Crippen LogP contribution in [0.5, 0.6) is 0 Å². The van der Waals surface area contributed by atoms with E-state index in [9.17, 15) is 4.39 Å². The van der Waals surface area contributed by atoms with E-state index in [1.54, 1.807) is 36.5 Å². The van der Waals surface area contributed by atoms with Crippen molar-refractivity contribution in [2.24, 2.45) is 0 Å². The molecule has 3 nitrogen and oxygen atoms in total. The highest BCUT2D eigenvalue weighted by molar-refractivity contribution is 5.44. The Morgan fingerprint density at radius 3 is 2.83 bits per heavy atom. The molecule has 0 saturated carbocycles.